The van der Waals surface area contributed by atoms with E-state index in [0.29, 0.717) is 24.6 Å². The van der Waals surface area contributed by atoms with Crippen LogP contribution in [0.2, 0.25) is 0 Å². The zero-order valence-corrected chi connectivity index (χ0v) is 12.0. The number of hydrogen-bond acceptors (Lipinski definition) is 3. The molecule has 1 saturated heterocycles. The number of likely N-dealkylation sites (N-methyl/N-ethyl adjacent to an activating group) is 1. The Labute approximate surface area is 110 Å². The summed E-state index contributed by atoms with van der Waals surface area (Å²) in [7, 11) is 0. The molecule has 0 aromatic heterocycles. The van der Waals surface area contributed by atoms with Crippen molar-refractivity contribution in [1.82, 2.24) is 10.6 Å². The minimum absolute atomic E-state index is 0.0912. The van der Waals surface area contributed by atoms with E-state index in [1.165, 1.54) is 6.42 Å². The van der Waals surface area contributed by atoms with Gasteiger partial charge in [0.25, 0.3) is 0 Å². The molecule has 4 atom stereocenters. The molecule has 2 rings (SSSR count). The first kappa shape index (κ1) is 13.8. The van der Waals surface area contributed by atoms with Crippen molar-refractivity contribution in [2.75, 3.05) is 13.2 Å². The number of rotatable bonds is 4. The molecule has 104 valence electrons. The van der Waals surface area contributed by atoms with Crippen molar-refractivity contribution in [3.05, 3.63) is 0 Å². The fourth-order valence-electron chi connectivity index (χ4n) is 3.53. The van der Waals surface area contributed by atoms with Crippen LogP contribution in [0.4, 0.5) is 0 Å². The first-order chi connectivity index (χ1) is 8.48. The van der Waals surface area contributed by atoms with Crippen LogP contribution in [0.3, 0.4) is 0 Å². The summed E-state index contributed by atoms with van der Waals surface area (Å²) >= 11 is 0. The maximum Gasteiger partial charge on any atom is 0.236 e. The molecule has 4 unspecified atom stereocenters. The maximum absolute atomic E-state index is 11.8. The third kappa shape index (κ3) is 2.28. The summed E-state index contributed by atoms with van der Waals surface area (Å²) in [5.41, 5.74) is 0.131. The molecule has 0 spiro atoms. The number of fused-ring (bicyclic) bond motifs is 1. The number of ether oxygens (including phenoxy) is 1. The fraction of sp³-hybridized carbons (Fsp3) is 0.929. The van der Waals surface area contributed by atoms with Crippen molar-refractivity contribution < 1.29 is 9.53 Å². The average molecular weight is 254 g/mol. The van der Waals surface area contributed by atoms with Gasteiger partial charge < -0.3 is 15.4 Å². The summed E-state index contributed by atoms with van der Waals surface area (Å²) in [4.78, 5) is 11.8. The van der Waals surface area contributed by atoms with E-state index in [-0.39, 0.29) is 17.4 Å². The van der Waals surface area contributed by atoms with Crippen LogP contribution in [0.1, 0.15) is 40.5 Å². The molecule has 0 aromatic carbocycles. The predicted octanol–water partition coefficient (Wildman–Crippen LogP) is 1.30. The highest BCUT2D eigenvalue weighted by Crippen LogP contribution is 2.51. The summed E-state index contributed by atoms with van der Waals surface area (Å²) in [5.74, 6) is 0.666. The van der Waals surface area contributed by atoms with Gasteiger partial charge in [-0.15, -0.1) is 0 Å². The highest BCUT2D eigenvalue weighted by molar-refractivity contribution is 5.81. The third-order valence-corrected chi connectivity index (χ3v) is 4.50. The lowest BCUT2D eigenvalue weighted by atomic mass is 9.55. The van der Waals surface area contributed by atoms with E-state index in [1.54, 1.807) is 0 Å². The second-order valence-corrected chi connectivity index (χ2v) is 6.18. The molecule has 2 N–H and O–H groups in total. The van der Waals surface area contributed by atoms with Crippen molar-refractivity contribution in [2.24, 2.45) is 11.3 Å². The smallest absolute Gasteiger partial charge is 0.236 e. The topological polar surface area (TPSA) is 50.4 Å². The molecular formula is C14H26N2O2. The Morgan fingerprint density at radius 1 is 1.50 bits per heavy atom. The SMILES string of the molecule is CCNC(=O)C(C)NC1C2CCCOC2C1(C)C. The Hall–Kier alpha value is -0.610. The molecule has 18 heavy (non-hydrogen) atoms. The van der Waals surface area contributed by atoms with Gasteiger partial charge in [-0.2, -0.15) is 0 Å². The van der Waals surface area contributed by atoms with E-state index >= 15 is 0 Å². The summed E-state index contributed by atoms with van der Waals surface area (Å²) in [5, 5.41) is 6.36. The molecule has 1 saturated carbocycles. The van der Waals surface area contributed by atoms with Gasteiger partial charge in [0.2, 0.25) is 5.91 Å². The van der Waals surface area contributed by atoms with Crippen LogP contribution in [0.25, 0.3) is 0 Å². The third-order valence-electron chi connectivity index (χ3n) is 4.50. The summed E-state index contributed by atoms with van der Waals surface area (Å²) in [6.45, 7) is 9.95. The highest BCUT2D eigenvalue weighted by Gasteiger charge is 2.58. The standard InChI is InChI=1S/C14H26N2O2/c1-5-15-13(17)9(2)16-11-10-7-6-8-18-12(10)14(11,3)4/h9-12,16H,5-8H2,1-4H3,(H,15,17). The lowest BCUT2D eigenvalue weighted by Crippen LogP contribution is -2.71. The highest BCUT2D eigenvalue weighted by atomic mass is 16.5. The fourth-order valence-corrected chi connectivity index (χ4v) is 3.53. The van der Waals surface area contributed by atoms with Crippen molar-refractivity contribution in [2.45, 2.75) is 58.7 Å². The molecule has 0 radical (unpaired) electrons. The molecule has 2 fully saturated rings. The molecule has 1 aliphatic heterocycles. The molecule has 1 amide bonds. The Balaban J connectivity index is 1.94. The minimum Gasteiger partial charge on any atom is -0.377 e. The average Bonchev–Trinajstić information content (AvgIpc) is 2.36. The molecule has 1 aliphatic carbocycles. The van der Waals surface area contributed by atoms with E-state index in [1.807, 2.05) is 13.8 Å². The summed E-state index contributed by atoms with van der Waals surface area (Å²) < 4.78 is 5.87. The number of nitrogens with one attached hydrogen (secondary N) is 2. The van der Waals surface area contributed by atoms with Crippen LogP contribution in [0, 0.1) is 11.3 Å². The Kier molecular flexibility index (Phi) is 3.97. The molecule has 0 bridgehead atoms. The van der Waals surface area contributed by atoms with E-state index in [0.717, 1.165) is 13.0 Å². The van der Waals surface area contributed by atoms with Crippen molar-refractivity contribution in [1.29, 1.82) is 0 Å². The molecule has 0 aromatic rings. The van der Waals surface area contributed by atoms with Crippen LogP contribution in [0.15, 0.2) is 0 Å². The van der Waals surface area contributed by atoms with Gasteiger partial charge in [-0.25, -0.2) is 0 Å². The van der Waals surface area contributed by atoms with Gasteiger partial charge in [0.1, 0.15) is 0 Å². The monoisotopic (exact) mass is 254 g/mol. The first-order valence-electron chi connectivity index (χ1n) is 7.13. The van der Waals surface area contributed by atoms with Gasteiger partial charge >= 0.3 is 0 Å². The number of carbonyl (C=O) groups is 1. The number of carbonyl (C=O) groups excluding carboxylic acids is 1. The van der Waals surface area contributed by atoms with Gasteiger partial charge in [-0.3, -0.25) is 4.79 Å². The van der Waals surface area contributed by atoms with Gasteiger partial charge in [-0.05, 0) is 26.7 Å². The van der Waals surface area contributed by atoms with Crippen molar-refractivity contribution >= 4 is 5.91 Å². The zero-order chi connectivity index (χ0) is 13.3. The van der Waals surface area contributed by atoms with E-state index in [9.17, 15) is 4.79 Å². The lowest BCUT2D eigenvalue weighted by Gasteiger charge is -2.60. The van der Waals surface area contributed by atoms with Gasteiger partial charge in [0, 0.05) is 30.5 Å². The largest absolute Gasteiger partial charge is 0.377 e. The Bertz CT molecular complexity index is 317. The van der Waals surface area contributed by atoms with Gasteiger partial charge in [0.15, 0.2) is 0 Å². The van der Waals surface area contributed by atoms with Crippen LogP contribution >= 0.6 is 0 Å². The Morgan fingerprint density at radius 3 is 2.89 bits per heavy atom. The molecule has 4 nitrogen and oxygen atoms in total. The Morgan fingerprint density at radius 2 is 2.22 bits per heavy atom. The van der Waals surface area contributed by atoms with Crippen LogP contribution < -0.4 is 10.6 Å². The predicted molar refractivity (Wildman–Crippen MR) is 71.3 cm³/mol. The quantitative estimate of drug-likeness (QED) is 0.795. The zero-order valence-electron chi connectivity index (χ0n) is 12.0. The summed E-state index contributed by atoms with van der Waals surface area (Å²) in [6.07, 6.45) is 2.73. The molecule has 2 aliphatic rings. The van der Waals surface area contributed by atoms with E-state index in [2.05, 4.69) is 24.5 Å². The lowest BCUT2D eigenvalue weighted by molar-refractivity contribution is -0.194. The van der Waals surface area contributed by atoms with Gasteiger partial charge in [0.05, 0.1) is 12.1 Å². The first-order valence-corrected chi connectivity index (χ1v) is 7.13. The second-order valence-electron chi connectivity index (χ2n) is 6.18. The van der Waals surface area contributed by atoms with Crippen LogP contribution in [0.5, 0.6) is 0 Å². The van der Waals surface area contributed by atoms with Crippen LogP contribution in [-0.2, 0) is 9.53 Å². The van der Waals surface area contributed by atoms with Crippen molar-refractivity contribution in [3.63, 3.8) is 0 Å². The second kappa shape index (κ2) is 5.17. The molecule has 4 heteroatoms. The van der Waals surface area contributed by atoms with E-state index < -0.39 is 0 Å². The van der Waals surface area contributed by atoms with Gasteiger partial charge in [-0.1, -0.05) is 13.8 Å². The molecule has 1 heterocycles. The number of hydrogen-bond donors (Lipinski definition) is 2. The van der Waals surface area contributed by atoms with Crippen molar-refractivity contribution in [3.8, 4) is 0 Å². The van der Waals surface area contributed by atoms with Crippen LogP contribution in [-0.4, -0.2) is 37.2 Å². The minimum atomic E-state index is -0.128. The normalized spacial score (nSPS) is 35.2. The molecular weight excluding hydrogens is 228 g/mol. The number of amides is 1. The maximum atomic E-state index is 11.8. The van der Waals surface area contributed by atoms with E-state index in [4.69, 9.17) is 4.74 Å². The summed E-state index contributed by atoms with van der Waals surface area (Å²) in [6, 6.07) is 0.262.